The summed E-state index contributed by atoms with van der Waals surface area (Å²) in [5, 5.41) is 33.0. The molecule has 632 valence electrons. The molecule has 137 heavy (non-hydrogen) atoms. The number of hydrogen-bond donors (Lipinski definition) is 0. The van der Waals surface area contributed by atoms with E-state index in [1.54, 1.807) is 0 Å². The molecule has 0 aliphatic carbocycles. The van der Waals surface area contributed by atoms with Crippen LogP contribution >= 0.6 is 0 Å². The minimum Gasteiger partial charge on any atom is -0.455 e. The lowest BCUT2D eigenvalue weighted by atomic mass is 9.87. The van der Waals surface area contributed by atoms with E-state index in [-0.39, 0.29) is 0 Å². The Kier molecular flexibility index (Phi) is 16.7. The van der Waals surface area contributed by atoms with E-state index in [1.807, 2.05) is 115 Å². The van der Waals surface area contributed by atoms with Gasteiger partial charge in [0.2, 0.25) is 0 Å². The molecule has 0 saturated carbocycles. The van der Waals surface area contributed by atoms with Gasteiger partial charge in [0.25, 0.3) is 0 Å². The Morgan fingerprint density at radius 3 is 0.985 bits per heavy atom. The monoisotopic (exact) mass is 1740 g/mol. The standard InChI is InChI=1S/C51H29N3O.C41H23N3O.C34H18N2O/c1-2-10-33(11-3-1)49-52-50(34-23-19-31(20-24-34)36-25-21-30-9-4-5-12-35(30)27-36)54-51(53-49)39-15-6-14-37(28-39)42-29-38-26-22-32-13-7-16-40-41-17-8-18-43-46(41)47(48(42)55-43)45(38)44(32)40;1-3-11-25(12-4-1)39-42-40(26-13-5-2-6-14-26)44-41(43-39)31-17-8-7-16-28(31)32-23-27-22-21-24-15-9-18-29-30-19-10-20-33-36(30)37(38(32)45-33)35(27)34(24)29;1-2-8-20(9-3-1)32-24-11-4-5-14-26(24)35-34(36-32)25-18-21-17-16-19-10-6-12-22-23-13-7-15-27-30(23)31(33(25)37-27)29(21)28(19)22/h1-29H;1-23H;1-18H. The van der Waals surface area contributed by atoms with Crippen molar-refractivity contribution in [3.8, 4) is 124 Å². The summed E-state index contributed by atoms with van der Waals surface area (Å²) >= 11 is 0. The van der Waals surface area contributed by atoms with Crippen LogP contribution in [0.15, 0.2) is 438 Å². The predicted molar refractivity (Wildman–Crippen MR) is 563 cm³/mol. The molecule has 0 fully saturated rings. The molecule has 0 unspecified atom stereocenters. The quantitative estimate of drug-likeness (QED) is 0.0902. The van der Waals surface area contributed by atoms with Crippen molar-refractivity contribution in [2.75, 3.05) is 0 Å². The van der Waals surface area contributed by atoms with Crippen molar-refractivity contribution >= 4 is 184 Å². The average molecular weight is 1740 g/mol. The van der Waals surface area contributed by atoms with Crippen molar-refractivity contribution in [1.29, 1.82) is 0 Å². The molecule has 0 saturated heterocycles. The lowest BCUT2D eigenvalue weighted by molar-refractivity contribution is 0.670. The maximum Gasteiger partial charge on any atom is 0.164 e. The summed E-state index contributed by atoms with van der Waals surface area (Å²) in [4.78, 5) is 40.5. The average Bonchev–Trinajstić information content (AvgIpc) is 1.59. The van der Waals surface area contributed by atoms with Gasteiger partial charge in [-0.15, -0.1) is 0 Å². The molecule has 6 aromatic heterocycles. The van der Waals surface area contributed by atoms with Gasteiger partial charge in [-0.1, -0.05) is 370 Å². The number of furan rings is 3. The topological polar surface area (TPSA) is 143 Å². The molecule has 0 aliphatic heterocycles. The fraction of sp³-hybridized carbons (Fsp3) is 0. The number of fused-ring (bicyclic) bond motifs is 5. The van der Waals surface area contributed by atoms with Crippen LogP contribution in [0.25, 0.3) is 309 Å². The zero-order valence-electron chi connectivity index (χ0n) is 73.2. The number of para-hydroxylation sites is 1. The maximum atomic E-state index is 6.79. The molecule has 0 amide bonds. The smallest absolute Gasteiger partial charge is 0.164 e. The largest absolute Gasteiger partial charge is 0.455 e. The van der Waals surface area contributed by atoms with E-state index >= 15 is 0 Å². The first-order valence-corrected chi connectivity index (χ1v) is 46.2. The van der Waals surface area contributed by atoms with Gasteiger partial charge in [0.1, 0.15) is 33.5 Å². The van der Waals surface area contributed by atoms with Gasteiger partial charge >= 0.3 is 0 Å². The van der Waals surface area contributed by atoms with Crippen LogP contribution in [0.2, 0.25) is 0 Å². The minimum atomic E-state index is 0.616. The third kappa shape index (κ3) is 11.9. The zero-order valence-corrected chi connectivity index (χ0v) is 73.2. The van der Waals surface area contributed by atoms with Crippen LogP contribution in [0.1, 0.15) is 0 Å². The van der Waals surface area contributed by atoms with E-state index in [0.717, 1.165) is 122 Å². The lowest BCUT2D eigenvalue weighted by Crippen LogP contribution is -2.01. The molecule has 11 heteroatoms. The third-order valence-corrected chi connectivity index (χ3v) is 28.0. The Balaban J connectivity index is 0.000000101. The summed E-state index contributed by atoms with van der Waals surface area (Å²) in [5.41, 5.74) is 21.2. The van der Waals surface area contributed by atoms with Gasteiger partial charge in [-0.05, 0) is 168 Å². The normalized spacial score (nSPS) is 12.1. The highest BCUT2D eigenvalue weighted by molar-refractivity contribution is 6.44. The highest BCUT2D eigenvalue weighted by Gasteiger charge is 2.30. The summed E-state index contributed by atoms with van der Waals surface area (Å²) in [7, 11) is 0. The van der Waals surface area contributed by atoms with Crippen LogP contribution in [-0.4, -0.2) is 39.9 Å². The van der Waals surface area contributed by atoms with Gasteiger partial charge in [0, 0.05) is 104 Å². The Morgan fingerprint density at radius 2 is 0.467 bits per heavy atom. The zero-order chi connectivity index (χ0) is 89.6. The first-order chi connectivity index (χ1) is 67.9. The second-order valence-corrected chi connectivity index (χ2v) is 35.7. The first-order valence-electron chi connectivity index (χ1n) is 46.2. The third-order valence-electron chi connectivity index (χ3n) is 28.0. The molecular weight excluding hydrogens is 1670 g/mol. The van der Waals surface area contributed by atoms with Gasteiger partial charge in [0.15, 0.2) is 40.8 Å². The lowest BCUT2D eigenvalue weighted by Gasteiger charge is -2.16. The van der Waals surface area contributed by atoms with Crippen molar-refractivity contribution < 1.29 is 13.3 Å². The molecule has 0 aliphatic rings. The van der Waals surface area contributed by atoms with Crippen molar-refractivity contribution in [1.82, 2.24) is 39.9 Å². The minimum absolute atomic E-state index is 0.616. The maximum absolute atomic E-state index is 6.79. The van der Waals surface area contributed by atoms with Crippen molar-refractivity contribution in [3.05, 3.63) is 425 Å². The molecule has 0 atom stereocenters. The number of nitrogens with zero attached hydrogens (tertiary/aromatic N) is 8. The fourth-order valence-electron chi connectivity index (χ4n) is 21.9. The number of rotatable bonds is 11. The van der Waals surface area contributed by atoms with E-state index < -0.39 is 0 Å². The van der Waals surface area contributed by atoms with E-state index in [4.69, 9.17) is 53.1 Å². The van der Waals surface area contributed by atoms with Gasteiger partial charge in [-0.2, -0.15) is 0 Å². The summed E-state index contributed by atoms with van der Waals surface area (Å²) in [6, 6.07) is 148. The van der Waals surface area contributed by atoms with Crippen molar-refractivity contribution in [2.24, 2.45) is 0 Å². The van der Waals surface area contributed by atoms with Gasteiger partial charge < -0.3 is 13.3 Å². The van der Waals surface area contributed by atoms with Crippen LogP contribution in [0, 0.1) is 0 Å². The molecule has 31 rings (SSSR count). The second-order valence-electron chi connectivity index (χ2n) is 35.7. The number of aromatic nitrogens is 8. The van der Waals surface area contributed by atoms with Crippen LogP contribution in [0.3, 0.4) is 0 Å². The number of benzene rings is 25. The highest BCUT2D eigenvalue weighted by Crippen LogP contribution is 2.55. The molecular formula is C126H70N8O3. The summed E-state index contributed by atoms with van der Waals surface area (Å²) in [6.45, 7) is 0. The van der Waals surface area contributed by atoms with E-state index in [1.165, 1.54) is 146 Å². The van der Waals surface area contributed by atoms with Crippen molar-refractivity contribution in [3.63, 3.8) is 0 Å². The Bertz CT molecular complexity index is 10200. The second kappa shape index (κ2) is 30.0. The summed E-state index contributed by atoms with van der Waals surface area (Å²) in [5.74, 6) is 4.45. The fourth-order valence-corrected chi connectivity index (χ4v) is 21.9. The molecule has 0 radical (unpaired) electrons. The SMILES string of the molecule is c1ccc(-c2nc(-c3cc4ccc5cccc6c7cccc8oc3c(c87)c4c56)nc3ccccc23)cc1.c1ccc(-c2nc(-c3ccc(-c4ccc5ccccc5c4)cc3)nc(-c3cccc(-c4cc5ccc6cccc7c8cccc9oc4c(c98)c5c67)c3)n2)cc1.c1ccc(-c2nc(-c3ccccc3)nc(-c3ccccc3-c3cc4ccc5cccc6c7cccc8oc3c(c87)c4c56)n2)cc1. The first kappa shape index (κ1) is 76.2. The van der Waals surface area contributed by atoms with Crippen LogP contribution in [0.4, 0.5) is 0 Å². The van der Waals surface area contributed by atoms with Gasteiger partial charge in [-0.3, -0.25) is 0 Å². The van der Waals surface area contributed by atoms with Crippen LogP contribution in [-0.2, 0) is 0 Å². The molecule has 31 aromatic rings. The van der Waals surface area contributed by atoms with E-state index in [2.05, 4.69) is 309 Å². The van der Waals surface area contributed by atoms with Crippen molar-refractivity contribution in [2.45, 2.75) is 0 Å². The molecule has 0 spiro atoms. The number of hydrogen-bond acceptors (Lipinski definition) is 11. The van der Waals surface area contributed by atoms with Gasteiger partial charge in [0.05, 0.1) is 16.8 Å². The van der Waals surface area contributed by atoms with Gasteiger partial charge in [-0.25, -0.2) is 39.9 Å². The molecule has 25 aromatic carbocycles. The summed E-state index contributed by atoms with van der Waals surface area (Å²) < 4.78 is 20.2. The molecule has 0 bridgehead atoms. The summed E-state index contributed by atoms with van der Waals surface area (Å²) in [6.07, 6.45) is 0. The molecule has 0 N–H and O–H groups in total. The van der Waals surface area contributed by atoms with E-state index in [9.17, 15) is 0 Å². The predicted octanol–water partition coefficient (Wildman–Crippen LogP) is 33.6. The van der Waals surface area contributed by atoms with Crippen LogP contribution in [0.5, 0.6) is 0 Å². The van der Waals surface area contributed by atoms with E-state index in [0.29, 0.717) is 40.8 Å². The Labute approximate surface area is 781 Å². The molecule has 6 heterocycles. The highest BCUT2D eigenvalue weighted by atomic mass is 16.3. The Morgan fingerprint density at radius 1 is 0.139 bits per heavy atom. The van der Waals surface area contributed by atoms with Crippen LogP contribution < -0.4 is 0 Å². The molecule has 11 nitrogen and oxygen atoms in total. The Hall–Kier alpha value is -18.6.